The number of sulfonamides is 1. The van der Waals surface area contributed by atoms with Crippen LogP contribution in [-0.2, 0) is 14.8 Å². The van der Waals surface area contributed by atoms with Gasteiger partial charge in [-0.1, -0.05) is 0 Å². The fourth-order valence-electron chi connectivity index (χ4n) is 2.71. The Morgan fingerprint density at radius 2 is 2.06 bits per heavy atom. The van der Waals surface area contributed by atoms with E-state index in [0.717, 1.165) is 18.0 Å². The topological polar surface area (TPSA) is 66.5 Å². The van der Waals surface area contributed by atoms with Gasteiger partial charge in [0.1, 0.15) is 4.75 Å². The van der Waals surface area contributed by atoms with Crippen molar-refractivity contribution in [2.45, 2.75) is 17.6 Å². The summed E-state index contributed by atoms with van der Waals surface area (Å²) in [7, 11) is -1.64. The standard InChI is InChI=1S/C11H14N2O3S2/c1-13-5-3-11(4-6-13)9-8(2-7-17-9)10(14)12-18(11,15)16/h2,7H,3-6H2,1H3,(H,12,14). The van der Waals surface area contributed by atoms with Crippen LogP contribution in [0.15, 0.2) is 11.4 Å². The number of amides is 1. The predicted octanol–water partition coefficient (Wildman–Crippen LogP) is 0.742. The molecule has 1 aromatic rings. The molecule has 0 unspecified atom stereocenters. The number of nitrogens with zero attached hydrogens (tertiary/aromatic N) is 1. The van der Waals surface area contributed by atoms with Gasteiger partial charge in [-0.05, 0) is 44.4 Å². The second kappa shape index (κ2) is 3.79. The Bertz CT molecular complexity index is 598. The molecule has 0 bridgehead atoms. The van der Waals surface area contributed by atoms with Crippen molar-refractivity contribution < 1.29 is 13.2 Å². The van der Waals surface area contributed by atoms with Crippen molar-refractivity contribution in [3.63, 3.8) is 0 Å². The molecule has 1 aromatic heterocycles. The summed E-state index contributed by atoms with van der Waals surface area (Å²) in [6, 6.07) is 1.71. The van der Waals surface area contributed by atoms with Gasteiger partial charge in [-0.25, -0.2) is 13.1 Å². The molecule has 1 N–H and O–H groups in total. The van der Waals surface area contributed by atoms with Gasteiger partial charge in [0.2, 0.25) is 10.0 Å². The summed E-state index contributed by atoms with van der Waals surface area (Å²) in [5, 5.41) is 1.80. The number of nitrogens with one attached hydrogen (secondary N) is 1. The highest BCUT2D eigenvalue weighted by molar-refractivity contribution is 7.91. The van der Waals surface area contributed by atoms with E-state index in [4.69, 9.17) is 0 Å². The molecule has 3 heterocycles. The maximum Gasteiger partial charge on any atom is 0.265 e. The second-order valence-corrected chi connectivity index (χ2v) is 7.80. The lowest BCUT2D eigenvalue weighted by Gasteiger charge is -2.41. The average Bonchev–Trinajstić information content (AvgIpc) is 2.78. The van der Waals surface area contributed by atoms with Crippen molar-refractivity contribution in [2.24, 2.45) is 0 Å². The third-order valence-corrected chi connectivity index (χ3v) is 7.20. The Kier molecular flexibility index (Phi) is 2.55. The van der Waals surface area contributed by atoms with Gasteiger partial charge in [0.05, 0.1) is 5.56 Å². The van der Waals surface area contributed by atoms with Crippen molar-refractivity contribution in [1.29, 1.82) is 0 Å². The lowest BCUT2D eigenvalue weighted by atomic mass is 9.91. The third kappa shape index (κ3) is 1.47. The molecule has 2 aliphatic rings. The van der Waals surface area contributed by atoms with Crippen LogP contribution in [0.25, 0.3) is 0 Å². The van der Waals surface area contributed by atoms with E-state index in [1.807, 2.05) is 7.05 Å². The molecule has 1 amide bonds. The molecule has 18 heavy (non-hydrogen) atoms. The molecular weight excluding hydrogens is 272 g/mol. The number of hydrogen-bond donors (Lipinski definition) is 1. The lowest BCUT2D eigenvalue weighted by Crippen LogP contribution is -2.55. The SMILES string of the molecule is CN1CCC2(CC1)c1sccc1C(=O)NS2(=O)=O. The highest BCUT2D eigenvalue weighted by atomic mass is 32.2. The van der Waals surface area contributed by atoms with Gasteiger partial charge in [-0.15, -0.1) is 11.3 Å². The minimum atomic E-state index is -3.62. The van der Waals surface area contributed by atoms with Crippen LogP contribution in [0.2, 0.25) is 0 Å². The molecule has 1 spiro atoms. The second-order valence-electron chi connectivity index (χ2n) is 4.90. The monoisotopic (exact) mass is 286 g/mol. The molecule has 98 valence electrons. The Balaban J connectivity index is 2.18. The first-order valence-corrected chi connectivity index (χ1v) is 8.16. The molecule has 0 aromatic carbocycles. The van der Waals surface area contributed by atoms with E-state index in [0.29, 0.717) is 18.4 Å². The summed E-state index contributed by atoms with van der Waals surface area (Å²) in [5.74, 6) is -0.490. The first kappa shape index (κ1) is 12.1. The zero-order valence-electron chi connectivity index (χ0n) is 9.97. The smallest absolute Gasteiger partial charge is 0.265 e. The van der Waals surface area contributed by atoms with Gasteiger partial charge < -0.3 is 4.90 Å². The molecule has 3 rings (SSSR count). The highest BCUT2D eigenvalue weighted by Crippen LogP contribution is 2.46. The molecule has 1 fully saturated rings. The van der Waals surface area contributed by atoms with Crippen LogP contribution >= 0.6 is 11.3 Å². The Labute approximate surface area is 110 Å². The number of thiophene rings is 1. The Morgan fingerprint density at radius 3 is 2.72 bits per heavy atom. The summed E-state index contributed by atoms with van der Waals surface area (Å²) < 4.78 is 26.1. The molecule has 7 heteroatoms. The molecule has 2 aliphatic heterocycles. The Hall–Kier alpha value is -0.920. The van der Waals surface area contributed by atoms with Gasteiger partial charge in [0.25, 0.3) is 5.91 Å². The zero-order chi connectivity index (χ0) is 13.0. The lowest BCUT2D eigenvalue weighted by molar-refractivity contribution is 0.0971. The molecule has 0 aliphatic carbocycles. The van der Waals surface area contributed by atoms with Crippen molar-refractivity contribution >= 4 is 27.3 Å². The van der Waals surface area contributed by atoms with Crippen LogP contribution in [0.5, 0.6) is 0 Å². The molecule has 0 radical (unpaired) electrons. The van der Waals surface area contributed by atoms with Crippen LogP contribution < -0.4 is 4.72 Å². The summed E-state index contributed by atoms with van der Waals surface area (Å²) in [6.07, 6.45) is 1.08. The van der Waals surface area contributed by atoms with Crippen molar-refractivity contribution in [3.8, 4) is 0 Å². The van der Waals surface area contributed by atoms with Crippen molar-refractivity contribution in [3.05, 3.63) is 21.9 Å². The number of rotatable bonds is 0. The van der Waals surface area contributed by atoms with Crippen molar-refractivity contribution in [2.75, 3.05) is 20.1 Å². The van der Waals surface area contributed by atoms with Crippen LogP contribution in [0.3, 0.4) is 0 Å². The third-order valence-electron chi connectivity index (χ3n) is 3.86. The summed E-state index contributed by atoms with van der Waals surface area (Å²) in [4.78, 5) is 14.6. The average molecular weight is 286 g/mol. The summed E-state index contributed by atoms with van der Waals surface area (Å²) >= 11 is 1.38. The van der Waals surface area contributed by atoms with E-state index in [-0.39, 0.29) is 0 Å². The number of piperidine rings is 1. The summed E-state index contributed by atoms with van der Waals surface area (Å²) in [5.41, 5.74) is 0.527. The minimum absolute atomic E-state index is 0.490. The quantitative estimate of drug-likeness (QED) is 0.764. The van der Waals surface area contributed by atoms with Crippen LogP contribution in [0.1, 0.15) is 28.1 Å². The van der Waals surface area contributed by atoms with Gasteiger partial charge >= 0.3 is 0 Å². The number of carbonyl (C=O) groups excluding carboxylic acids is 1. The fourth-order valence-corrected chi connectivity index (χ4v) is 5.86. The first-order chi connectivity index (χ1) is 8.46. The van der Waals surface area contributed by atoms with Crippen molar-refractivity contribution in [1.82, 2.24) is 9.62 Å². The zero-order valence-corrected chi connectivity index (χ0v) is 11.6. The Morgan fingerprint density at radius 1 is 1.39 bits per heavy atom. The number of hydrogen-bond acceptors (Lipinski definition) is 5. The summed E-state index contributed by atoms with van der Waals surface area (Å²) in [6.45, 7) is 1.46. The van der Waals surface area contributed by atoms with Gasteiger partial charge in [0, 0.05) is 4.88 Å². The minimum Gasteiger partial charge on any atom is -0.306 e. The predicted molar refractivity (Wildman–Crippen MR) is 69.1 cm³/mol. The van der Waals surface area contributed by atoms with Crippen LogP contribution in [-0.4, -0.2) is 39.4 Å². The van der Waals surface area contributed by atoms with Gasteiger partial charge in [-0.2, -0.15) is 0 Å². The molecular formula is C11H14N2O3S2. The van der Waals surface area contributed by atoms with Gasteiger partial charge in [0.15, 0.2) is 0 Å². The van der Waals surface area contributed by atoms with E-state index >= 15 is 0 Å². The first-order valence-electron chi connectivity index (χ1n) is 5.79. The van der Waals surface area contributed by atoms with E-state index in [2.05, 4.69) is 9.62 Å². The maximum absolute atomic E-state index is 12.4. The van der Waals surface area contributed by atoms with Crippen LogP contribution in [0, 0.1) is 0 Å². The number of carbonyl (C=O) groups is 1. The maximum atomic E-state index is 12.4. The fraction of sp³-hybridized carbons (Fsp3) is 0.545. The van der Waals surface area contributed by atoms with E-state index < -0.39 is 20.7 Å². The molecule has 0 saturated carbocycles. The van der Waals surface area contributed by atoms with E-state index in [1.165, 1.54) is 11.3 Å². The van der Waals surface area contributed by atoms with E-state index in [1.54, 1.807) is 11.4 Å². The molecule has 0 atom stereocenters. The largest absolute Gasteiger partial charge is 0.306 e. The van der Waals surface area contributed by atoms with E-state index in [9.17, 15) is 13.2 Å². The number of fused-ring (bicyclic) bond motifs is 2. The van der Waals surface area contributed by atoms with Gasteiger partial charge in [-0.3, -0.25) is 4.79 Å². The normalized spacial score (nSPS) is 25.7. The highest BCUT2D eigenvalue weighted by Gasteiger charge is 2.53. The van der Waals surface area contributed by atoms with Crippen LogP contribution in [0.4, 0.5) is 0 Å². The number of likely N-dealkylation sites (tertiary alicyclic amines) is 1. The molecule has 1 saturated heterocycles. The molecule has 5 nitrogen and oxygen atoms in total.